The van der Waals surface area contributed by atoms with Crippen LogP contribution in [-0.2, 0) is 16.6 Å². The van der Waals surface area contributed by atoms with Crippen LogP contribution in [0.3, 0.4) is 0 Å². The van der Waals surface area contributed by atoms with Gasteiger partial charge >= 0.3 is 0 Å². The first kappa shape index (κ1) is 29.7. The molecule has 0 bridgehead atoms. The number of halogens is 1. The minimum absolute atomic E-state index is 0.0204. The van der Waals surface area contributed by atoms with Gasteiger partial charge in [0.15, 0.2) is 0 Å². The first-order valence-electron chi connectivity index (χ1n) is 14.2. The molecule has 0 unspecified atom stereocenters. The molecule has 1 atom stereocenters. The highest BCUT2D eigenvalue weighted by molar-refractivity contribution is 7.92. The summed E-state index contributed by atoms with van der Waals surface area (Å²) in [5.74, 6) is 0.408. The maximum Gasteiger partial charge on any atom is 0.264 e. The number of anilines is 1. The van der Waals surface area contributed by atoms with Gasteiger partial charge in [0.05, 0.1) is 28.7 Å². The van der Waals surface area contributed by atoms with Gasteiger partial charge in [0.2, 0.25) is 0 Å². The number of ether oxygens (including phenoxy) is 1. The lowest BCUT2D eigenvalue weighted by Gasteiger charge is -2.41. The predicted octanol–water partition coefficient (Wildman–Crippen LogP) is 7.86. The van der Waals surface area contributed by atoms with Crippen LogP contribution in [-0.4, -0.2) is 19.9 Å². The van der Waals surface area contributed by atoms with Crippen molar-refractivity contribution in [2.24, 2.45) is 0 Å². The number of para-hydroxylation sites is 2. The standard InChI is InChI=1S/C34H35ClN2O4S/c1-4-34(5-2)22-30(28-10-7-9-13-32(28)41-34)36-33(38)29-11-6-8-12-31(29)37(23-25-16-18-26(35)19-17-25)42(39,40)27-20-14-24(3)15-21-27/h6-21,30H,4-5,22-23H2,1-3H3,(H,36,38)/t30-/m1/s1. The lowest BCUT2D eigenvalue weighted by Crippen LogP contribution is -2.44. The molecule has 4 aromatic rings. The van der Waals surface area contributed by atoms with Crippen LogP contribution in [0.15, 0.2) is 102 Å². The van der Waals surface area contributed by atoms with E-state index >= 15 is 0 Å². The lowest BCUT2D eigenvalue weighted by atomic mass is 9.83. The van der Waals surface area contributed by atoms with E-state index in [4.69, 9.17) is 16.3 Å². The van der Waals surface area contributed by atoms with Gasteiger partial charge in [-0.2, -0.15) is 0 Å². The molecule has 0 saturated carbocycles. The van der Waals surface area contributed by atoms with Crippen LogP contribution < -0.4 is 14.4 Å². The Bertz CT molecular complexity index is 1670. The molecule has 1 N–H and O–H groups in total. The number of carbonyl (C=O) groups excluding carboxylic acids is 1. The van der Waals surface area contributed by atoms with E-state index in [1.54, 1.807) is 72.8 Å². The third-order valence-electron chi connectivity index (χ3n) is 8.06. The second-order valence-corrected chi connectivity index (χ2v) is 13.0. The molecule has 42 heavy (non-hydrogen) atoms. The van der Waals surface area contributed by atoms with Gasteiger partial charge in [-0.25, -0.2) is 8.42 Å². The summed E-state index contributed by atoms with van der Waals surface area (Å²) in [6.07, 6.45) is 2.20. The van der Waals surface area contributed by atoms with E-state index in [-0.39, 0.29) is 29.0 Å². The largest absolute Gasteiger partial charge is 0.487 e. The lowest BCUT2D eigenvalue weighted by molar-refractivity contribution is 0.0227. The number of hydrogen-bond donors (Lipinski definition) is 1. The fourth-order valence-corrected chi connectivity index (χ4v) is 7.04. The smallest absolute Gasteiger partial charge is 0.264 e. The Balaban J connectivity index is 1.55. The second-order valence-electron chi connectivity index (χ2n) is 10.7. The van der Waals surface area contributed by atoms with Gasteiger partial charge < -0.3 is 10.1 Å². The zero-order chi connectivity index (χ0) is 29.9. The number of benzene rings is 4. The van der Waals surface area contributed by atoms with Gasteiger partial charge in [0, 0.05) is 17.0 Å². The molecule has 0 aliphatic carbocycles. The van der Waals surface area contributed by atoms with E-state index in [1.807, 2.05) is 31.2 Å². The predicted molar refractivity (Wildman–Crippen MR) is 168 cm³/mol. The van der Waals surface area contributed by atoms with E-state index in [2.05, 4.69) is 19.2 Å². The molecule has 0 fully saturated rings. The number of hydrogen-bond acceptors (Lipinski definition) is 4. The van der Waals surface area contributed by atoms with Gasteiger partial charge in [0.25, 0.3) is 15.9 Å². The zero-order valence-corrected chi connectivity index (χ0v) is 25.6. The van der Waals surface area contributed by atoms with Crippen molar-refractivity contribution in [2.75, 3.05) is 4.31 Å². The minimum atomic E-state index is -4.04. The second kappa shape index (κ2) is 12.2. The van der Waals surface area contributed by atoms with Crippen LogP contribution in [0.25, 0.3) is 0 Å². The number of carbonyl (C=O) groups is 1. The van der Waals surface area contributed by atoms with Gasteiger partial charge in [0.1, 0.15) is 11.4 Å². The van der Waals surface area contributed by atoms with Gasteiger partial charge in [-0.3, -0.25) is 9.10 Å². The van der Waals surface area contributed by atoms with Crippen molar-refractivity contribution in [3.8, 4) is 5.75 Å². The normalized spacial score (nSPS) is 15.8. The molecule has 6 nitrogen and oxygen atoms in total. The van der Waals surface area contributed by atoms with Crippen molar-refractivity contribution in [1.82, 2.24) is 5.32 Å². The maximum atomic E-state index is 14.2. The van der Waals surface area contributed by atoms with Crippen molar-refractivity contribution < 1.29 is 17.9 Å². The first-order chi connectivity index (χ1) is 20.2. The minimum Gasteiger partial charge on any atom is -0.487 e. The van der Waals surface area contributed by atoms with E-state index in [9.17, 15) is 13.2 Å². The molecular weight excluding hydrogens is 568 g/mol. The van der Waals surface area contributed by atoms with Crippen LogP contribution in [0, 0.1) is 6.92 Å². The Hall–Kier alpha value is -3.81. The molecule has 8 heteroatoms. The average molecular weight is 603 g/mol. The van der Waals surface area contributed by atoms with E-state index in [0.29, 0.717) is 17.1 Å². The molecule has 4 aromatic carbocycles. The molecule has 1 aliphatic heterocycles. The summed E-state index contributed by atoms with van der Waals surface area (Å²) >= 11 is 6.11. The highest BCUT2D eigenvalue weighted by atomic mass is 35.5. The van der Waals surface area contributed by atoms with Crippen molar-refractivity contribution in [3.05, 3.63) is 124 Å². The van der Waals surface area contributed by atoms with Crippen molar-refractivity contribution in [2.45, 2.75) is 63.1 Å². The van der Waals surface area contributed by atoms with Gasteiger partial charge in [-0.15, -0.1) is 0 Å². The maximum absolute atomic E-state index is 14.2. The van der Waals surface area contributed by atoms with Crippen molar-refractivity contribution in [3.63, 3.8) is 0 Å². The fourth-order valence-electron chi connectivity index (χ4n) is 5.44. The van der Waals surface area contributed by atoms with Crippen LogP contribution in [0.2, 0.25) is 5.02 Å². The molecule has 1 heterocycles. The number of aryl methyl sites for hydroxylation is 1. The zero-order valence-electron chi connectivity index (χ0n) is 24.0. The molecule has 0 spiro atoms. The number of sulfonamides is 1. The number of rotatable bonds is 9. The highest BCUT2D eigenvalue weighted by Gasteiger charge is 2.39. The number of amides is 1. The summed E-state index contributed by atoms with van der Waals surface area (Å²) in [5, 5.41) is 3.78. The molecule has 0 radical (unpaired) electrons. The van der Waals surface area contributed by atoms with Crippen molar-refractivity contribution in [1.29, 1.82) is 0 Å². The Labute approximate surface area is 253 Å². The van der Waals surface area contributed by atoms with E-state index < -0.39 is 15.6 Å². The topological polar surface area (TPSA) is 75.7 Å². The fraction of sp³-hybridized carbons (Fsp3) is 0.265. The molecule has 0 saturated heterocycles. The number of nitrogens with zero attached hydrogens (tertiary/aromatic N) is 1. The highest BCUT2D eigenvalue weighted by Crippen LogP contribution is 2.43. The first-order valence-corrected chi connectivity index (χ1v) is 16.0. The van der Waals surface area contributed by atoms with Gasteiger partial charge in [-0.05, 0) is 67.8 Å². The quantitative estimate of drug-likeness (QED) is 0.212. The molecular formula is C34H35ClN2O4S. The molecule has 0 aromatic heterocycles. The van der Waals surface area contributed by atoms with Crippen molar-refractivity contribution >= 4 is 33.2 Å². The molecule has 1 amide bonds. The van der Waals surface area contributed by atoms with Crippen LogP contribution in [0.5, 0.6) is 5.75 Å². The summed E-state index contributed by atoms with van der Waals surface area (Å²) in [6, 6.07) is 28.1. The van der Waals surface area contributed by atoms with Crippen LogP contribution >= 0.6 is 11.6 Å². The SMILES string of the molecule is CCC1(CC)C[C@@H](NC(=O)c2ccccc2N(Cc2ccc(Cl)cc2)S(=O)(=O)c2ccc(C)cc2)c2ccccc2O1. The van der Waals surface area contributed by atoms with Crippen LogP contribution in [0.4, 0.5) is 5.69 Å². The number of nitrogens with one attached hydrogen (secondary N) is 1. The molecule has 218 valence electrons. The Morgan fingerprint density at radius 1 is 0.929 bits per heavy atom. The summed E-state index contributed by atoms with van der Waals surface area (Å²) in [4.78, 5) is 14.2. The van der Waals surface area contributed by atoms with Crippen LogP contribution in [0.1, 0.15) is 66.2 Å². The van der Waals surface area contributed by atoms with E-state index in [0.717, 1.165) is 35.3 Å². The Kier molecular flexibility index (Phi) is 8.62. The van der Waals surface area contributed by atoms with Gasteiger partial charge in [-0.1, -0.05) is 85.6 Å². The number of fused-ring (bicyclic) bond motifs is 1. The summed E-state index contributed by atoms with van der Waals surface area (Å²) in [6.45, 7) is 6.11. The third kappa shape index (κ3) is 6.03. The Morgan fingerprint density at radius 3 is 2.26 bits per heavy atom. The summed E-state index contributed by atoms with van der Waals surface area (Å²) in [7, 11) is -4.04. The summed E-state index contributed by atoms with van der Waals surface area (Å²) in [5.41, 5.74) is 2.75. The molecule has 5 rings (SSSR count). The average Bonchev–Trinajstić information content (AvgIpc) is 3.00. The Morgan fingerprint density at radius 2 is 1.57 bits per heavy atom. The molecule has 1 aliphatic rings. The monoisotopic (exact) mass is 602 g/mol. The van der Waals surface area contributed by atoms with E-state index in [1.165, 1.54) is 4.31 Å². The summed E-state index contributed by atoms with van der Waals surface area (Å²) < 4.78 is 36.0. The third-order valence-corrected chi connectivity index (χ3v) is 10.1.